The smallest absolute Gasteiger partial charge is 0.264 e. The standard InChI is InChI=1S/C33H37N3O5Si/c1-22-31(42(2,3)40)29(18-19-37)41-33(22)26-20-25(36-30(38)17-15-27(34-36)24-12-8-5-9-13-24)14-16-28(26)35(32(33)39)21-23-10-6-4-7-11-23/h4-14,16,20,22,29,31,37,40H,15,17-19,21H2,1-3H3/t22-,29+,31-,33+/m0/s1. The molecule has 0 radical (unpaired) electrons. The van der Waals surface area contributed by atoms with E-state index in [1.807, 2.05) is 98.9 Å². The summed E-state index contributed by atoms with van der Waals surface area (Å²) < 4.78 is 6.75. The zero-order valence-electron chi connectivity index (χ0n) is 24.2. The lowest BCUT2D eigenvalue weighted by molar-refractivity contribution is -0.146. The van der Waals surface area contributed by atoms with Gasteiger partial charge < -0.3 is 19.5 Å². The van der Waals surface area contributed by atoms with E-state index in [1.54, 1.807) is 4.90 Å². The molecule has 42 heavy (non-hydrogen) atoms. The second kappa shape index (κ2) is 10.9. The minimum Gasteiger partial charge on any atom is -0.432 e. The van der Waals surface area contributed by atoms with E-state index in [0.717, 1.165) is 22.5 Å². The van der Waals surface area contributed by atoms with Crippen molar-refractivity contribution < 1.29 is 24.2 Å². The fourth-order valence-corrected chi connectivity index (χ4v) is 9.71. The zero-order chi connectivity index (χ0) is 29.6. The first-order valence-electron chi connectivity index (χ1n) is 14.6. The number of hydrogen-bond acceptors (Lipinski definition) is 6. The number of carbonyl (C=O) groups is 2. The summed E-state index contributed by atoms with van der Waals surface area (Å²) in [5, 5.41) is 16.1. The summed E-state index contributed by atoms with van der Waals surface area (Å²) in [7, 11) is -2.82. The Labute approximate surface area is 247 Å². The second-order valence-electron chi connectivity index (χ2n) is 12.1. The molecule has 3 aliphatic rings. The molecule has 3 heterocycles. The Morgan fingerprint density at radius 1 is 1.00 bits per heavy atom. The minimum atomic E-state index is -2.82. The van der Waals surface area contributed by atoms with Crippen molar-refractivity contribution in [3.05, 3.63) is 95.6 Å². The number of nitrogens with zero attached hydrogens (tertiary/aromatic N) is 3. The number of ether oxygens (including phenoxy) is 1. The van der Waals surface area contributed by atoms with E-state index in [4.69, 9.17) is 9.84 Å². The van der Waals surface area contributed by atoms with Crippen molar-refractivity contribution in [1.82, 2.24) is 0 Å². The number of amides is 2. The van der Waals surface area contributed by atoms with Crippen LogP contribution in [0.25, 0.3) is 0 Å². The summed E-state index contributed by atoms with van der Waals surface area (Å²) in [6, 6.07) is 25.2. The van der Waals surface area contributed by atoms with E-state index in [1.165, 1.54) is 5.01 Å². The van der Waals surface area contributed by atoms with Crippen LogP contribution in [0.1, 0.15) is 42.9 Å². The molecule has 1 spiro atoms. The Balaban J connectivity index is 1.48. The molecule has 0 aliphatic carbocycles. The van der Waals surface area contributed by atoms with Crippen molar-refractivity contribution in [3.63, 3.8) is 0 Å². The molecular weight excluding hydrogens is 546 g/mol. The summed E-state index contributed by atoms with van der Waals surface area (Å²) >= 11 is 0. The molecule has 3 aliphatic heterocycles. The van der Waals surface area contributed by atoms with Gasteiger partial charge in [0.1, 0.15) is 0 Å². The molecule has 3 aromatic carbocycles. The molecule has 1 fully saturated rings. The van der Waals surface area contributed by atoms with Crippen molar-refractivity contribution >= 4 is 37.2 Å². The largest absolute Gasteiger partial charge is 0.432 e. The van der Waals surface area contributed by atoms with Crippen molar-refractivity contribution in [3.8, 4) is 0 Å². The van der Waals surface area contributed by atoms with E-state index in [9.17, 15) is 19.5 Å². The van der Waals surface area contributed by atoms with Gasteiger partial charge in [0, 0.05) is 36.5 Å². The fraction of sp³-hybridized carbons (Fsp3) is 0.364. The highest BCUT2D eigenvalue weighted by Crippen LogP contribution is 2.60. The molecule has 3 aromatic rings. The highest BCUT2D eigenvalue weighted by molar-refractivity contribution is 6.71. The Hall–Kier alpha value is -3.63. The van der Waals surface area contributed by atoms with Gasteiger partial charge in [-0.2, -0.15) is 5.10 Å². The van der Waals surface area contributed by atoms with Gasteiger partial charge in [-0.1, -0.05) is 67.6 Å². The molecule has 0 saturated carbocycles. The summed E-state index contributed by atoms with van der Waals surface area (Å²) in [6.45, 7) is 5.96. The van der Waals surface area contributed by atoms with E-state index in [-0.39, 0.29) is 29.9 Å². The summed E-state index contributed by atoms with van der Waals surface area (Å²) in [4.78, 5) is 40.9. The molecule has 2 N–H and O–H groups in total. The van der Waals surface area contributed by atoms with Crippen molar-refractivity contribution in [2.75, 3.05) is 16.5 Å². The highest BCUT2D eigenvalue weighted by Gasteiger charge is 2.66. The number of anilines is 2. The molecule has 2 amide bonds. The van der Waals surface area contributed by atoms with Crippen molar-refractivity contribution in [2.24, 2.45) is 11.0 Å². The number of hydrazone groups is 1. The van der Waals surface area contributed by atoms with Crippen LogP contribution in [-0.4, -0.2) is 48.5 Å². The van der Waals surface area contributed by atoms with E-state index < -0.39 is 20.0 Å². The van der Waals surface area contributed by atoms with Crippen LogP contribution in [0.4, 0.5) is 11.4 Å². The molecule has 4 atom stereocenters. The predicted molar refractivity (Wildman–Crippen MR) is 165 cm³/mol. The molecular formula is C33H37N3O5Si. The lowest BCUT2D eigenvalue weighted by Crippen LogP contribution is -2.46. The minimum absolute atomic E-state index is 0.109. The van der Waals surface area contributed by atoms with Crippen molar-refractivity contribution in [1.29, 1.82) is 0 Å². The molecule has 0 aromatic heterocycles. The third kappa shape index (κ3) is 4.70. The van der Waals surface area contributed by atoms with Crippen LogP contribution in [-0.2, 0) is 26.5 Å². The topological polar surface area (TPSA) is 103 Å². The van der Waals surface area contributed by atoms with Gasteiger partial charge in [0.25, 0.3) is 5.91 Å². The number of benzene rings is 3. The molecule has 0 unspecified atom stereocenters. The molecule has 9 heteroatoms. The highest BCUT2D eigenvalue weighted by atomic mass is 28.4. The average Bonchev–Trinajstić information content (AvgIpc) is 3.41. The average molecular weight is 584 g/mol. The predicted octanol–water partition coefficient (Wildman–Crippen LogP) is 4.94. The van der Waals surface area contributed by atoms with Crippen LogP contribution < -0.4 is 9.91 Å². The van der Waals surface area contributed by atoms with Gasteiger partial charge in [-0.25, -0.2) is 5.01 Å². The zero-order valence-corrected chi connectivity index (χ0v) is 25.2. The first-order chi connectivity index (χ1) is 20.1. The third-order valence-corrected chi connectivity index (χ3v) is 11.5. The van der Waals surface area contributed by atoms with Gasteiger partial charge in [0.05, 0.1) is 29.7 Å². The van der Waals surface area contributed by atoms with Gasteiger partial charge in [-0.15, -0.1) is 0 Å². The maximum atomic E-state index is 14.6. The molecule has 218 valence electrons. The number of aliphatic hydroxyl groups is 1. The van der Waals surface area contributed by atoms with Gasteiger partial charge in [-0.05, 0) is 48.8 Å². The fourth-order valence-electron chi connectivity index (χ4n) is 7.11. The van der Waals surface area contributed by atoms with Gasteiger partial charge >= 0.3 is 0 Å². The first-order valence-corrected chi connectivity index (χ1v) is 17.6. The molecule has 6 rings (SSSR count). The maximum Gasteiger partial charge on any atom is 0.264 e. The Morgan fingerprint density at radius 3 is 2.36 bits per heavy atom. The van der Waals surface area contributed by atoms with Crippen LogP contribution >= 0.6 is 0 Å². The Bertz CT molecular complexity index is 1520. The summed E-state index contributed by atoms with van der Waals surface area (Å²) in [6.07, 6.45) is 0.725. The van der Waals surface area contributed by atoms with E-state index in [2.05, 4.69) is 0 Å². The van der Waals surface area contributed by atoms with Gasteiger partial charge in [0.2, 0.25) is 5.91 Å². The van der Waals surface area contributed by atoms with Crippen LogP contribution in [0.2, 0.25) is 18.6 Å². The van der Waals surface area contributed by atoms with Crippen LogP contribution in [0.3, 0.4) is 0 Å². The normalized spacial score (nSPS) is 25.7. The van der Waals surface area contributed by atoms with Crippen LogP contribution in [0, 0.1) is 5.92 Å². The maximum absolute atomic E-state index is 14.6. The SMILES string of the molecule is C[C@H]1[C@H]([Si](C)(C)O)[C@@H](CCO)O[C@]12C(=O)N(Cc1ccccc1)c1ccc(N3N=C(c4ccccc4)CCC3=O)cc12. The van der Waals surface area contributed by atoms with Crippen LogP contribution in [0.5, 0.6) is 0 Å². The Morgan fingerprint density at radius 2 is 1.69 bits per heavy atom. The number of hydrogen-bond donors (Lipinski definition) is 2. The quantitative estimate of drug-likeness (QED) is 0.384. The summed E-state index contributed by atoms with van der Waals surface area (Å²) in [5.74, 6) is -0.661. The number of rotatable bonds is 7. The number of fused-ring (bicyclic) bond motifs is 2. The molecule has 0 bridgehead atoms. The van der Waals surface area contributed by atoms with E-state index >= 15 is 0 Å². The van der Waals surface area contributed by atoms with Crippen LogP contribution in [0.15, 0.2) is 84.0 Å². The second-order valence-corrected chi connectivity index (χ2v) is 16.0. The lowest BCUT2D eigenvalue weighted by atomic mass is 9.82. The van der Waals surface area contributed by atoms with Gasteiger partial charge in [-0.3, -0.25) is 9.59 Å². The lowest BCUT2D eigenvalue weighted by Gasteiger charge is -2.32. The molecule has 8 nitrogen and oxygen atoms in total. The number of aliphatic hydroxyl groups excluding tert-OH is 1. The van der Waals surface area contributed by atoms with Gasteiger partial charge in [0.15, 0.2) is 13.9 Å². The van der Waals surface area contributed by atoms with E-state index in [0.29, 0.717) is 37.1 Å². The van der Waals surface area contributed by atoms with Crippen molar-refractivity contribution in [2.45, 2.75) is 63.1 Å². The summed E-state index contributed by atoms with van der Waals surface area (Å²) in [5.41, 5.74) is 3.10. The monoisotopic (exact) mass is 583 g/mol. The number of carbonyl (C=O) groups excluding carboxylic acids is 2. The third-order valence-electron chi connectivity index (χ3n) is 8.95. The first kappa shape index (κ1) is 28.5. The Kier molecular flexibility index (Phi) is 7.39. The molecule has 1 saturated heterocycles.